The second-order valence-electron chi connectivity index (χ2n) is 6.27. The van der Waals surface area contributed by atoms with Gasteiger partial charge in [-0.25, -0.2) is 4.79 Å². The summed E-state index contributed by atoms with van der Waals surface area (Å²) in [4.78, 5) is 23.7. The maximum atomic E-state index is 11.9. The summed E-state index contributed by atoms with van der Waals surface area (Å²) < 4.78 is 10.4. The van der Waals surface area contributed by atoms with E-state index in [1.807, 2.05) is 27.7 Å². The number of esters is 2. The van der Waals surface area contributed by atoms with Crippen LogP contribution in [0.15, 0.2) is 11.6 Å². The van der Waals surface area contributed by atoms with Crippen molar-refractivity contribution in [2.24, 2.45) is 11.8 Å². The van der Waals surface area contributed by atoms with Crippen LogP contribution in [0.25, 0.3) is 0 Å². The van der Waals surface area contributed by atoms with E-state index >= 15 is 0 Å². The van der Waals surface area contributed by atoms with Crippen molar-refractivity contribution in [2.45, 2.75) is 59.5 Å². The summed E-state index contributed by atoms with van der Waals surface area (Å²) in [6.45, 7) is 9.80. The van der Waals surface area contributed by atoms with Gasteiger partial charge in [0.1, 0.15) is 5.60 Å². The predicted octanol–water partition coefficient (Wildman–Crippen LogP) is 3.25. The minimum atomic E-state index is -0.489. The Morgan fingerprint density at radius 2 is 1.90 bits per heavy atom. The van der Waals surface area contributed by atoms with Gasteiger partial charge in [0.15, 0.2) is 0 Å². The molecule has 4 heteroatoms. The highest BCUT2D eigenvalue weighted by Crippen LogP contribution is 2.38. The monoisotopic (exact) mass is 282 g/mol. The third kappa shape index (κ3) is 4.99. The SMILES string of the molecule is CCOC(=O)[C@H]1CC(=CC(=O)OC(C)(C)C)C[C@H]1CC. The largest absolute Gasteiger partial charge is 0.466 e. The van der Waals surface area contributed by atoms with E-state index in [9.17, 15) is 9.59 Å². The van der Waals surface area contributed by atoms with Crippen LogP contribution in [0, 0.1) is 11.8 Å². The average Bonchev–Trinajstić information content (AvgIpc) is 2.69. The summed E-state index contributed by atoms with van der Waals surface area (Å²) >= 11 is 0. The van der Waals surface area contributed by atoms with Gasteiger partial charge in [0.25, 0.3) is 0 Å². The lowest BCUT2D eigenvalue weighted by atomic mass is 9.94. The normalized spacial score (nSPS) is 24.8. The third-order valence-electron chi connectivity index (χ3n) is 3.42. The van der Waals surface area contributed by atoms with Crippen molar-refractivity contribution in [1.82, 2.24) is 0 Å². The molecule has 1 fully saturated rings. The number of ether oxygens (including phenoxy) is 2. The minimum absolute atomic E-state index is 0.117. The smallest absolute Gasteiger partial charge is 0.331 e. The maximum absolute atomic E-state index is 11.9. The van der Waals surface area contributed by atoms with Gasteiger partial charge in [-0.15, -0.1) is 0 Å². The van der Waals surface area contributed by atoms with Gasteiger partial charge >= 0.3 is 11.9 Å². The Morgan fingerprint density at radius 3 is 2.40 bits per heavy atom. The first kappa shape index (κ1) is 16.7. The molecule has 0 saturated heterocycles. The Hall–Kier alpha value is -1.32. The molecule has 0 aromatic carbocycles. The molecule has 114 valence electrons. The van der Waals surface area contributed by atoms with Crippen LogP contribution < -0.4 is 0 Å². The standard InChI is InChI=1S/C16H26O4/c1-6-12-8-11(9-13(12)15(18)19-7-2)10-14(17)20-16(3,4)5/h10,12-13H,6-9H2,1-5H3/t12-,13+/m1/s1. The van der Waals surface area contributed by atoms with Crippen LogP contribution in [0.5, 0.6) is 0 Å². The van der Waals surface area contributed by atoms with Gasteiger partial charge in [0.05, 0.1) is 12.5 Å². The molecule has 4 nitrogen and oxygen atoms in total. The lowest BCUT2D eigenvalue weighted by Crippen LogP contribution is -2.22. The summed E-state index contributed by atoms with van der Waals surface area (Å²) in [7, 11) is 0. The summed E-state index contributed by atoms with van der Waals surface area (Å²) in [6, 6.07) is 0. The molecule has 0 unspecified atom stereocenters. The minimum Gasteiger partial charge on any atom is -0.466 e. The number of carbonyl (C=O) groups is 2. The fraction of sp³-hybridized carbons (Fsp3) is 0.750. The first-order chi connectivity index (χ1) is 9.26. The highest BCUT2D eigenvalue weighted by molar-refractivity contribution is 5.84. The number of rotatable bonds is 4. The zero-order valence-corrected chi connectivity index (χ0v) is 13.2. The topological polar surface area (TPSA) is 52.6 Å². The molecule has 0 spiro atoms. The molecule has 1 rings (SSSR count). The highest BCUT2D eigenvalue weighted by atomic mass is 16.6. The molecule has 1 aliphatic rings. The fourth-order valence-electron chi connectivity index (χ4n) is 2.58. The van der Waals surface area contributed by atoms with Crippen molar-refractivity contribution in [3.8, 4) is 0 Å². The highest BCUT2D eigenvalue weighted by Gasteiger charge is 2.36. The van der Waals surface area contributed by atoms with Crippen LogP contribution in [0.1, 0.15) is 53.9 Å². The number of allylic oxidation sites excluding steroid dienone is 1. The van der Waals surface area contributed by atoms with Gasteiger partial charge in [-0.3, -0.25) is 4.79 Å². The summed E-state index contributed by atoms with van der Waals surface area (Å²) in [6.07, 6.45) is 3.85. The molecular formula is C16H26O4. The molecule has 2 atom stereocenters. The Morgan fingerprint density at radius 1 is 1.25 bits per heavy atom. The zero-order chi connectivity index (χ0) is 15.3. The van der Waals surface area contributed by atoms with Crippen LogP contribution in [0.3, 0.4) is 0 Å². The molecule has 0 N–H and O–H groups in total. The van der Waals surface area contributed by atoms with Crippen molar-refractivity contribution in [3.63, 3.8) is 0 Å². The molecule has 0 radical (unpaired) electrons. The Labute approximate surface area is 121 Å². The van der Waals surface area contributed by atoms with Crippen LogP contribution in [0.4, 0.5) is 0 Å². The van der Waals surface area contributed by atoms with Gasteiger partial charge < -0.3 is 9.47 Å². The van der Waals surface area contributed by atoms with E-state index in [1.165, 1.54) is 0 Å². The van der Waals surface area contributed by atoms with E-state index in [4.69, 9.17) is 9.47 Å². The van der Waals surface area contributed by atoms with Gasteiger partial charge in [-0.1, -0.05) is 18.9 Å². The van der Waals surface area contributed by atoms with Crippen molar-refractivity contribution < 1.29 is 19.1 Å². The lowest BCUT2D eigenvalue weighted by molar-refractivity contribution is -0.150. The van der Waals surface area contributed by atoms with E-state index < -0.39 is 5.60 Å². The van der Waals surface area contributed by atoms with Gasteiger partial charge in [0.2, 0.25) is 0 Å². The van der Waals surface area contributed by atoms with Crippen molar-refractivity contribution in [3.05, 3.63) is 11.6 Å². The van der Waals surface area contributed by atoms with E-state index in [0.717, 1.165) is 18.4 Å². The van der Waals surface area contributed by atoms with Crippen LogP contribution >= 0.6 is 0 Å². The Balaban J connectivity index is 2.71. The third-order valence-corrected chi connectivity index (χ3v) is 3.42. The molecule has 0 aromatic rings. The number of hydrogen-bond acceptors (Lipinski definition) is 4. The second kappa shape index (κ2) is 6.91. The van der Waals surface area contributed by atoms with Crippen molar-refractivity contribution in [2.75, 3.05) is 6.61 Å². The average molecular weight is 282 g/mol. The zero-order valence-electron chi connectivity index (χ0n) is 13.2. The molecule has 0 aliphatic heterocycles. The molecule has 1 aliphatic carbocycles. The molecule has 0 amide bonds. The molecule has 0 bridgehead atoms. The van der Waals surface area contributed by atoms with Gasteiger partial charge in [0, 0.05) is 6.08 Å². The second-order valence-corrected chi connectivity index (χ2v) is 6.27. The fourth-order valence-corrected chi connectivity index (χ4v) is 2.58. The summed E-state index contributed by atoms with van der Waals surface area (Å²) in [5.41, 5.74) is 0.501. The number of hydrogen-bond donors (Lipinski definition) is 0. The van der Waals surface area contributed by atoms with E-state index in [2.05, 4.69) is 6.92 Å². The van der Waals surface area contributed by atoms with Crippen LogP contribution in [-0.4, -0.2) is 24.1 Å². The Kier molecular flexibility index (Phi) is 5.78. The lowest BCUT2D eigenvalue weighted by Gasteiger charge is -2.18. The predicted molar refractivity (Wildman–Crippen MR) is 77.1 cm³/mol. The number of carbonyl (C=O) groups excluding carboxylic acids is 2. The van der Waals surface area contributed by atoms with Crippen LogP contribution in [0.2, 0.25) is 0 Å². The molecule has 1 saturated carbocycles. The first-order valence-electron chi connectivity index (χ1n) is 7.35. The Bertz CT molecular complexity index is 390. The van der Waals surface area contributed by atoms with Gasteiger partial charge in [-0.2, -0.15) is 0 Å². The first-order valence-corrected chi connectivity index (χ1v) is 7.35. The maximum Gasteiger partial charge on any atom is 0.331 e. The summed E-state index contributed by atoms with van der Waals surface area (Å²) in [5.74, 6) is -0.324. The van der Waals surface area contributed by atoms with Gasteiger partial charge in [-0.05, 0) is 46.5 Å². The molecular weight excluding hydrogens is 256 g/mol. The summed E-state index contributed by atoms with van der Waals surface area (Å²) in [5, 5.41) is 0. The molecule has 20 heavy (non-hydrogen) atoms. The van der Waals surface area contributed by atoms with Crippen LogP contribution in [-0.2, 0) is 19.1 Å². The molecule has 0 heterocycles. The van der Waals surface area contributed by atoms with E-state index in [1.54, 1.807) is 6.08 Å². The molecule has 0 aromatic heterocycles. The van der Waals surface area contributed by atoms with Crippen molar-refractivity contribution >= 4 is 11.9 Å². The van der Waals surface area contributed by atoms with E-state index in [-0.39, 0.29) is 23.8 Å². The van der Waals surface area contributed by atoms with E-state index in [0.29, 0.717) is 13.0 Å². The quantitative estimate of drug-likeness (QED) is 0.586. The van der Waals surface area contributed by atoms with Crippen molar-refractivity contribution in [1.29, 1.82) is 0 Å².